The van der Waals surface area contributed by atoms with Gasteiger partial charge < -0.3 is 18.8 Å². The molecule has 0 aliphatic rings. The monoisotopic (exact) mass is 209 g/mol. The Morgan fingerprint density at radius 2 is 2.11 bits per heavy atom. The summed E-state index contributed by atoms with van der Waals surface area (Å²) in [7, 11) is 0. The van der Waals surface area contributed by atoms with Gasteiger partial charge >= 0.3 is 51.5 Å². The van der Waals surface area contributed by atoms with Crippen molar-refractivity contribution in [1.29, 1.82) is 0 Å². The Morgan fingerprint density at radius 3 is 2.11 bits per heavy atom. The van der Waals surface area contributed by atoms with Gasteiger partial charge in [-0.3, -0.25) is 4.79 Å². The summed E-state index contributed by atoms with van der Waals surface area (Å²) in [5.41, 5.74) is 4.91. The van der Waals surface area contributed by atoms with Crippen molar-refractivity contribution in [1.82, 2.24) is 0 Å². The maximum Gasteiger partial charge on any atom is 2.00 e. The van der Waals surface area contributed by atoms with E-state index in [-0.39, 0.29) is 48.3 Å². The Bertz CT molecular complexity index is 103. The number of rotatable bonds is 2. The zero-order valence-corrected chi connectivity index (χ0v) is 8.72. The molecule has 52 valence electrons. The molecule has 0 aliphatic carbocycles. The molecule has 2 unspecified atom stereocenters. The minimum Gasteiger partial charge on any atom is -1.00 e. The number of aliphatic hydroxyl groups excluding tert-OH is 1. The number of hydrogen-bond acceptors (Lipinski definition) is 3. The largest absolute Gasteiger partial charge is 2.00 e. The van der Waals surface area contributed by atoms with Gasteiger partial charge in [0.1, 0.15) is 6.04 Å². The van der Waals surface area contributed by atoms with Crippen LogP contribution in [0.15, 0.2) is 0 Å². The molecule has 0 aromatic rings. The van der Waals surface area contributed by atoms with Gasteiger partial charge in [0.05, 0.1) is 6.10 Å². The molecule has 4 nitrogen and oxygen atoms in total. The van der Waals surface area contributed by atoms with E-state index in [1.54, 1.807) is 0 Å². The molecule has 0 amide bonds. The van der Waals surface area contributed by atoms with E-state index >= 15 is 0 Å². The van der Waals surface area contributed by atoms with Crippen LogP contribution in [0.5, 0.6) is 0 Å². The summed E-state index contributed by atoms with van der Waals surface area (Å²) in [6, 6.07) is -1.16. The average molecular weight is 209 g/mol. The molecule has 0 rings (SSSR count). The first-order chi connectivity index (χ1) is 3.55. The molecular formula is C4H11NO3Sr. The van der Waals surface area contributed by atoms with E-state index in [4.69, 9.17) is 15.9 Å². The molecule has 0 aliphatic heterocycles. The summed E-state index contributed by atoms with van der Waals surface area (Å²) in [4.78, 5) is 9.86. The summed E-state index contributed by atoms with van der Waals surface area (Å²) in [5, 5.41) is 16.6. The number of hydrogen-bond donors (Lipinski definition) is 3. The number of carbonyl (C=O) groups is 1. The second-order valence-electron chi connectivity index (χ2n) is 1.60. The predicted molar refractivity (Wildman–Crippen MR) is 35.3 cm³/mol. The first-order valence-electron chi connectivity index (χ1n) is 2.22. The van der Waals surface area contributed by atoms with Gasteiger partial charge in [-0.25, -0.2) is 0 Å². The zero-order chi connectivity index (χ0) is 6.73. The Hall–Kier alpha value is 0.871. The molecule has 0 saturated heterocycles. The smallest absolute Gasteiger partial charge is 1.00 e. The Morgan fingerprint density at radius 1 is 1.78 bits per heavy atom. The van der Waals surface area contributed by atoms with Crippen LogP contribution in [0.4, 0.5) is 0 Å². The van der Waals surface area contributed by atoms with Gasteiger partial charge in [-0.2, -0.15) is 0 Å². The number of carboxylic acid groups (broad SMARTS) is 1. The molecule has 4 N–H and O–H groups in total. The van der Waals surface area contributed by atoms with Crippen LogP contribution in [0.2, 0.25) is 0 Å². The van der Waals surface area contributed by atoms with Crippen molar-refractivity contribution in [3.8, 4) is 0 Å². The number of carboxylic acids is 1. The second kappa shape index (κ2) is 5.64. The minimum absolute atomic E-state index is 0. The number of aliphatic carboxylic acids is 1. The first-order valence-corrected chi connectivity index (χ1v) is 2.22. The van der Waals surface area contributed by atoms with E-state index in [0.717, 1.165) is 0 Å². The third-order valence-corrected chi connectivity index (χ3v) is 0.805. The summed E-state index contributed by atoms with van der Waals surface area (Å²) in [5.74, 6) is -1.18. The topological polar surface area (TPSA) is 83.5 Å². The fourth-order valence-electron chi connectivity index (χ4n) is 0.206. The van der Waals surface area contributed by atoms with Crippen LogP contribution in [-0.4, -0.2) is 73.8 Å². The SMILES string of the molecule is CC(O)C(N)C(=O)O.[H-].[H-].[Sr+2]. The van der Waals surface area contributed by atoms with Crippen molar-refractivity contribution in [3.63, 3.8) is 0 Å². The van der Waals surface area contributed by atoms with E-state index < -0.39 is 18.1 Å². The summed E-state index contributed by atoms with van der Waals surface area (Å²) in [6.45, 7) is 1.33. The van der Waals surface area contributed by atoms with Crippen molar-refractivity contribution in [2.45, 2.75) is 19.1 Å². The molecule has 0 heterocycles. The molecule has 2 atom stereocenters. The van der Waals surface area contributed by atoms with Crippen LogP contribution < -0.4 is 5.73 Å². The summed E-state index contributed by atoms with van der Waals surface area (Å²) in [6.07, 6.45) is -0.979. The summed E-state index contributed by atoms with van der Waals surface area (Å²) >= 11 is 0. The van der Waals surface area contributed by atoms with Crippen molar-refractivity contribution in [2.75, 3.05) is 0 Å². The molecule has 5 heteroatoms. The molecule has 0 spiro atoms. The fraction of sp³-hybridized carbons (Fsp3) is 0.750. The molecule has 0 bridgehead atoms. The predicted octanol–water partition coefficient (Wildman–Crippen LogP) is -1.38. The van der Waals surface area contributed by atoms with Crippen LogP contribution in [-0.2, 0) is 4.79 Å². The summed E-state index contributed by atoms with van der Waals surface area (Å²) < 4.78 is 0. The Kier molecular flexibility index (Phi) is 7.86. The van der Waals surface area contributed by atoms with Gasteiger partial charge in [0, 0.05) is 0 Å². The molecule has 0 saturated carbocycles. The maximum atomic E-state index is 9.86. The van der Waals surface area contributed by atoms with Crippen LogP contribution >= 0.6 is 0 Å². The van der Waals surface area contributed by atoms with Crippen molar-refractivity contribution >= 4 is 51.5 Å². The van der Waals surface area contributed by atoms with E-state index in [1.165, 1.54) is 6.92 Å². The van der Waals surface area contributed by atoms with Gasteiger partial charge in [-0.05, 0) is 6.92 Å². The third-order valence-electron chi connectivity index (χ3n) is 0.805. The molecule has 0 radical (unpaired) electrons. The van der Waals surface area contributed by atoms with E-state index in [1.807, 2.05) is 0 Å². The van der Waals surface area contributed by atoms with Gasteiger partial charge in [0.2, 0.25) is 0 Å². The van der Waals surface area contributed by atoms with E-state index in [0.29, 0.717) is 0 Å². The van der Waals surface area contributed by atoms with Gasteiger partial charge in [-0.15, -0.1) is 0 Å². The van der Waals surface area contributed by atoms with Crippen molar-refractivity contribution < 1.29 is 17.9 Å². The fourth-order valence-corrected chi connectivity index (χ4v) is 0.206. The Balaban J connectivity index is -0.0000000817. The quantitative estimate of drug-likeness (QED) is 0.489. The van der Waals surface area contributed by atoms with Gasteiger partial charge in [0.15, 0.2) is 0 Å². The van der Waals surface area contributed by atoms with Crippen LogP contribution in [0.3, 0.4) is 0 Å². The van der Waals surface area contributed by atoms with E-state index in [2.05, 4.69) is 0 Å². The average Bonchev–Trinajstić information content (AvgIpc) is 1.64. The number of nitrogens with two attached hydrogens (primary N) is 1. The minimum atomic E-state index is -1.18. The molecule has 0 aromatic carbocycles. The second-order valence-corrected chi connectivity index (χ2v) is 1.60. The van der Waals surface area contributed by atoms with Crippen LogP contribution in [0.25, 0.3) is 0 Å². The molecule has 0 fully saturated rings. The maximum absolute atomic E-state index is 9.86. The van der Waals surface area contributed by atoms with Crippen LogP contribution in [0.1, 0.15) is 9.78 Å². The standard InChI is InChI=1S/C4H9NO3.Sr.2H/c1-2(6)3(5)4(7)8;;;/h2-3,6H,5H2,1H3,(H,7,8);;;/q;+2;2*-1. The normalized spacial score (nSPS) is 15.4. The molecule has 0 aromatic heterocycles. The zero-order valence-electron chi connectivity index (χ0n) is 7.24. The first kappa shape index (κ1) is 12.5. The molecule has 9 heavy (non-hydrogen) atoms. The molecular weight excluding hydrogens is 198 g/mol. The van der Waals surface area contributed by atoms with Crippen molar-refractivity contribution in [2.24, 2.45) is 5.73 Å². The Labute approximate surface area is 93.3 Å². The van der Waals surface area contributed by atoms with Crippen molar-refractivity contribution in [3.05, 3.63) is 0 Å². The van der Waals surface area contributed by atoms with Gasteiger partial charge in [0.25, 0.3) is 0 Å². The van der Waals surface area contributed by atoms with E-state index in [9.17, 15) is 4.79 Å². The van der Waals surface area contributed by atoms with Gasteiger partial charge in [-0.1, -0.05) is 0 Å². The third kappa shape index (κ3) is 5.32. The number of aliphatic hydroxyl groups is 1. The van der Waals surface area contributed by atoms with Crippen LogP contribution in [0, 0.1) is 0 Å².